The quantitative estimate of drug-likeness (QED) is 0.418. The number of imidazole rings is 1. The zero-order valence-corrected chi connectivity index (χ0v) is 13.9. The highest BCUT2D eigenvalue weighted by molar-refractivity contribution is 5.74. The number of nitrogens with zero attached hydrogens (tertiary/aromatic N) is 4. The predicted octanol–water partition coefficient (Wildman–Crippen LogP) is 6.00. The fraction of sp³-hybridized carbons (Fsp3) is 0.0500. The van der Waals surface area contributed by atoms with Crippen LogP contribution in [0.5, 0.6) is 0 Å². The van der Waals surface area contributed by atoms with Gasteiger partial charge in [-0.2, -0.15) is 0 Å². The molecule has 0 N–H and O–H groups in total. The van der Waals surface area contributed by atoms with Gasteiger partial charge in [-0.05, 0) is 48.9 Å². The number of pyridine rings is 1. The van der Waals surface area contributed by atoms with Crippen molar-refractivity contribution in [3.05, 3.63) is 84.1 Å². The number of aromatic nitrogens is 2. The Kier molecular flexibility index (Phi) is 4.01. The van der Waals surface area contributed by atoms with Crippen molar-refractivity contribution in [1.82, 2.24) is 9.38 Å². The van der Waals surface area contributed by atoms with Gasteiger partial charge in [0.15, 0.2) is 17.5 Å². The van der Waals surface area contributed by atoms with E-state index in [1.807, 2.05) is 55.6 Å². The van der Waals surface area contributed by atoms with Gasteiger partial charge in [0.25, 0.3) is 0 Å². The van der Waals surface area contributed by atoms with Crippen LogP contribution >= 0.6 is 0 Å². The number of hydrogen-bond acceptors (Lipinski definition) is 3. The lowest BCUT2D eigenvalue weighted by molar-refractivity contribution is 0.509. The van der Waals surface area contributed by atoms with E-state index in [9.17, 15) is 8.78 Å². The highest BCUT2D eigenvalue weighted by Gasteiger charge is 2.16. The molecule has 0 unspecified atom stereocenters. The normalized spacial score (nSPS) is 11.5. The average Bonchev–Trinajstić information content (AvgIpc) is 3.01. The summed E-state index contributed by atoms with van der Waals surface area (Å²) in [6, 6.07) is 16.7. The van der Waals surface area contributed by atoms with E-state index in [-0.39, 0.29) is 0 Å². The smallest absolute Gasteiger partial charge is 0.187 e. The van der Waals surface area contributed by atoms with Crippen LogP contribution in [-0.2, 0) is 0 Å². The van der Waals surface area contributed by atoms with E-state index >= 15 is 0 Å². The molecule has 0 aliphatic carbocycles. The Bertz CT molecular complexity index is 1120. The maximum atomic E-state index is 13.7. The summed E-state index contributed by atoms with van der Waals surface area (Å²) in [4.78, 5) is 4.53. The summed E-state index contributed by atoms with van der Waals surface area (Å²) in [5.41, 5.74) is 3.23. The van der Waals surface area contributed by atoms with Gasteiger partial charge < -0.3 is 0 Å². The Morgan fingerprint density at radius 2 is 1.69 bits per heavy atom. The van der Waals surface area contributed by atoms with Crippen molar-refractivity contribution in [2.24, 2.45) is 10.2 Å². The van der Waals surface area contributed by atoms with Crippen molar-refractivity contribution in [2.45, 2.75) is 6.92 Å². The van der Waals surface area contributed by atoms with Crippen molar-refractivity contribution >= 4 is 17.2 Å². The average molecular weight is 348 g/mol. The summed E-state index contributed by atoms with van der Waals surface area (Å²) in [7, 11) is 0. The van der Waals surface area contributed by atoms with Crippen LogP contribution in [0, 0.1) is 18.6 Å². The molecular formula is C20H14F2N4. The molecule has 0 saturated heterocycles. The number of hydrogen-bond donors (Lipinski definition) is 0. The third kappa shape index (κ3) is 2.97. The molecule has 2 aromatic carbocycles. The predicted molar refractivity (Wildman–Crippen MR) is 95.9 cm³/mol. The van der Waals surface area contributed by atoms with Gasteiger partial charge in [-0.3, -0.25) is 4.40 Å². The molecule has 0 spiro atoms. The van der Waals surface area contributed by atoms with Gasteiger partial charge in [0.05, 0.1) is 5.69 Å². The lowest BCUT2D eigenvalue weighted by atomic mass is 10.1. The van der Waals surface area contributed by atoms with Crippen LogP contribution in [0.15, 0.2) is 77.1 Å². The Hall–Kier alpha value is -3.41. The molecule has 4 aromatic rings. The summed E-state index contributed by atoms with van der Waals surface area (Å²) in [5.74, 6) is -1.37. The molecule has 128 valence electrons. The molecular weight excluding hydrogens is 334 g/mol. The molecule has 0 aliphatic rings. The van der Waals surface area contributed by atoms with Crippen molar-refractivity contribution < 1.29 is 8.78 Å². The fourth-order valence-electron chi connectivity index (χ4n) is 2.67. The van der Waals surface area contributed by atoms with Gasteiger partial charge in [0.1, 0.15) is 11.3 Å². The number of halogens is 2. The largest absolute Gasteiger partial charge is 0.282 e. The number of rotatable bonds is 3. The first-order valence-electron chi connectivity index (χ1n) is 8.03. The highest BCUT2D eigenvalue weighted by Crippen LogP contribution is 2.33. The monoisotopic (exact) mass is 348 g/mol. The molecule has 4 nitrogen and oxygen atoms in total. The van der Waals surface area contributed by atoms with Gasteiger partial charge >= 0.3 is 0 Å². The number of fused-ring (bicyclic) bond motifs is 1. The van der Waals surface area contributed by atoms with E-state index in [4.69, 9.17) is 0 Å². The first kappa shape index (κ1) is 16.1. The fourth-order valence-corrected chi connectivity index (χ4v) is 2.67. The molecule has 0 amide bonds. The van der Waals surface area contributed by atoms with Gasteiger partial charge in [-0.1, -0.05) is 24.3 Å². The standard InChI is InChI=1S/C20H14F2N4/c1-13-7-10-18-23-19(14-8-9-16(21)17(22)11-14)20(26(18)12-13)25-24-15-5-3-2-4-6-15/h2-12H,1H3. The molecule has 0 bridgehead atoms. The molecule has 6 heteroatoms. The number of aryl methyl sites for hydroxylation is 1. The van der Waals surface area contributed by atoms with Crippen LogP contribution in [0.25, 0.3) is 16.9 Å². The molecule has 2 aromatic heterocycles. The molecule has 0 atom stereocenters. The first-order valence-corrected chi connectivity index (χ1v) is 8.03. The Morgan fingerprint density at radius 1 is 0.885 bits per heavy atom. The zero-order chi connectivity index (χ0) is 18.1. The Labute approximate surface area is 148 Å². The topological polar surface area (TPSA) is 42.0 Å². The molecule has 26 heavy (non-hydrogen) atoms. The minimum absolute atomic E-state index is 0.437. The first-order chi connectivity index (χ1) is 12.6. The van der Waals surface area contributed by atoms with Crippen LogP contribution in [0.2, 0.25) is 0 Å². The molecule has 0 saturated carbocycles. The minimum Gasteiger partial charge on any atom is -0.282 e. The molecule has 0 radical (unpaired) electrons. The van der Waals surface area contributed by atoms with Crippen LogP contribution < -0.4 is 0 Å². The Morgan fingerprint density at radius 3 is 2.46 bits per heavy atom. The van der Waals surface area contributed by atoms with Gasteiger partial charge in [0.2, 0.25) is 0 Å². The van der Waals surface area contributed by atoms with E-state index in [0.717, 1.165) is 17.7 Å². The van der Waals surface area contributed by atoms with E-state index in [0.29, 0.717) is 28.4 Å². The molecule has 0 fully saturated rings. The molecule has 4 rings (SSSR count). The number of benzene rings is 2. The van der Waals surface area contributed by atoms with Crippen LogP contribution in [-0.4, -0.2) is 9.38 Å². The maximum absolute atomic E-state index is 13.7. The lowest BCUT2D eigenvalue weighted by Gasteiger charge is -2.01. The summed E-state index contributed by atoms with van der Waals surface area (Å²) >= 11 is 0. The summed E-state index contributed by atoms with van der Waals surface area (Å²) in [6.45, 7) is 1.95. The van der Waals surface area contributed by atoms with Crippen LogP contribution in [0.1, 0.15) is 5.56 Å². The lowest BCUT2D eigenvalue weighted by Crippen LogP contribution is -1.86. The SMILES string of the molecule is Cc1ccc2nc(-c3ccc(F)c(F)c3)c(N=Nc3ccccc3)n2c1. The van der Waals surface area contributed by atoms with Crippen molar-refractivity contribution in [2.75, 3.05) is 0 Å². The van der Waals surface area contributed by atoms with Crippen LogP contribution in [0.3, 0.4) is 0 Å². The van der Waals surface area contributed by atoms with Gasteiger partial charge in [-0.25, -0.2) is 13.8 Å². The van der Waals surface area contributed by atoms with Crippen molar-refractivity contribution in [3.8, 4) is 11.3 Å². The summed E-state index contributed by atoms with van der Waals surface area (Å²) in [6.07, 6.45) is 1.88. The van der Waals surface area contributed by atoms with Crippen LogP contribution in [0.4, 0.5) is 20.3 Å². The van der Waals surface area contributed by atoms with E-state index in [1.165, 1.54) is 6.07 Å². The van der Waals surface area contributed by atoms with Crippen molar-refractivity contribution in [1.29, 1.82) is 0 Å². The summed E-state index contributed by atoms with van der Waals surface area (Å²) < 4.78 is 28.8. The maximum Gasteiger partial charge on any atom is 0.187 e. The van der Waals surface area contributed by atoms with Gasteiger partial charge in [-0.15, -0.1) is 10.2 Å². The Balaban J connectivity index is 1.91. The second-order valence-corrected chi connectivity index (χ2v) is 5.88. The molecule has 2 heterocycles. The van der Waals surface area contributed by atoms with E-state index in [1.54, 1.807) is 4.40 Å². The van der Waals surface area contributed by atoms with E-state index in [2.05, 4.69) is 15.2 Å². The van der Waals surface area contributed by atoms with Gasteiger partial charge in [0, 0.05) is 11.8 Å². The second-order valence-electron chi connectivity index (χ2n) is 5.88. The minimum atomic E-state index is -0.929. The zero-order valence-electron chi connectivity index (χ0n) is 13.9. The summed E-state index contributed by atoms with van der Waals surface area (Å²) in [5, 5.41) is 8.59. The third-order valence-electron chi connectivity index (χ3n) is 3.95. The van der Waals surface area contributed by atoms with Crippen molar-refractivity contribution in [3.63, 3.8) is 0 Å². The molecule has 0 aliphatic heterocycles. The third-order valence-corrected chi connectivity index (χ3v) is 3.95. The highest BCUT2D eigenvalue weighted by atomic mass is 19.2. The number of azo groups is 1. The second kappa shape index (κ2) is 6.48. The van der Waals surface area contributed by atoms with E-state index < -0.39 is 11.6 Å².